The molecule has 42 valence electrons. The quantitative estimate of drug-likeness (QED) is 0.434. The van der Waals surface area contributed by atoms with Crippen LogP contribution < -0.4 is 5.32 Å². The molecule has 0 spiro atoms. The van der Waals surface area contributed by atoms with E-state index in [1.807, 2.05) is 0 Å². The molecule has 0 aromatic heterocycles. The molecule has 1 N–H and O–H groups in total. The van der Waals surface area contributed by atoms with Crippen LogP contribution in [0.2, 0.25) is 0 Å². The molecule has 0 aliphatic carbocycles. The molecule has 0 aromatic carbocycles. The van der Waals surface area contributed by atoms with Crippen molar-refractivity contribution in [3.05, 3.63) is 0 Å². The van der Waals surface area contributed by atoms with E-state index in [0.717, 1.165) is 11.9 Å². The van der Waals surface area contributed by atoms with Gasteiger partial charge in [-0.25, -0.2) is 0 Å². The first-order valence-electron chi connectivity index (χ1n) is 2.73. The van der Waals surface area contributed by atoms with E-state index in [-0.39, 0.29) is 0 Å². The number of hydrogen-bond donors (Lipinski definition) is 1. The van der Waals surface area contributed by atoms with Gasteiger partial charge >= 0.3 is 0 Å². The lowest BCUT2D eigenvalue weighted by Gasteiger charge is -1.86. The second kappa shape index (κ2) is 2.53. The van der Waals surface area contributed by atoms with Crippen LogP contribution in [-0.2, 0) is 0 Å². The van der Waals surface area contributed by atoms with Gasteiger partial charge in [0, 0.05) is 18.5 Å². The average molecular weight is 120 g/mol. The largest absolute Gasteiger partial charge is 0.311 e. The fourth-order valence-corrected chi connectivity index (χ4v) is 0.765. The van der Waals surface area contributed by atoms with Crippen LogP contribution in [0.5, 0.6) is 0 Å². The molecule has 1 atom stereocenters. The van der Waals surface area contributed by atoms with Gasteiger partial charge in [-0.15, -0.1) is 11.6 Å². The Balaban J connectivity index is 1.80. The number of nitrogens with one attached hydrogen (secondary N) is 1. The van der Waals surface area contributed by atoms with Gasteiger partial charge in [-0.1, -0.05) is 0 Å². The first-order valence-corrected chi connectivity index (χ1v) is 3.26. The summed E-state index contributed by atoms with van der Waals surface area (Å²) >= 11 is 5.45. The molecule has 1 nitrogen and oxygen atoms in total. The fraction of sp³-hybridized carbons (Fsp3) is 1.00. The van der Waals surface area contributed by atoms with Crippen LogP contribution >= 0.6 is 11.6 Å². The normalized spacial score (nSPS) is 27.9. The topological polar surface area (TPSA) is 21.9 Å². The zero-order chi connectivity index (χ0) is 5.11. The van der Waals surface area contributed by atoms with Crippen molar-refractivity contribution >= 4 is 11.6 Å². The van der Waals surface area contributed by atoms with E-state index in [2.05, 4.69) is 5.32 Å². The van der Waals surface area contributed by atoms with Crippen molar-refractivity contribution in [3.63, 3.8) is 0 Å². The fourth-order valence-electron chi connectivity index (χ4n) is 0.611. The maximum atomic E-state index is 5.45. The van der Waals surface area contributed by atoms with Crippen molar-refractivity contribution < 1.29 is 0 Å². The molecule has 0 amide bonds. The summed E-state index contributed by atoms with van der Waals surface area (Å²) in [6.45, 7) is 1.22. The first-order chi connectivity index (χ1) is 3.43. The van der Waals surface area contributed by atoms with Crippen LogP contribution in [0.25, 0.3) is 0 Å². The van der Waals surface area contributed by atoms with Crippen molar-refractivity contribution in [2.75, 3.05) is 12.4 Å². The van der Waals surface area contributed by atoms with Crippen LogP contribution in [0.1, 0.15) is 12.8 Å². The van der Waals surface area contributed by atoms with Crippen molar-refractivity contribution in [1.82, 2.24) is 5.32 Å². The van der Waals surface area contributed by atoms with Gasteiger partial charge in [0.2, 0.25) is 0 Å². The number of alkyl halides is 1. The number of rotatable bonds is 3. The highest BCUT2D eigenvalue weighted by Gasteiger charge is 2.17. The van der Waals surface area contributed by atoms with Gasteiger partial charge in [0.05, 0.1) is 0 Å². The lowest BCUT2D eigenvalue weighted by atomic mass is 10.3. The second-order valence-electron chi connectivity index (χ2n) is 1.94. The van der Waals surface area contributed by atoms with E-state index < -0.39 is 0 Å². The minimum Gasteiger partial charge on any atom is -0.311 e. The molecule has 1 heterocycles. The van der Waals surface area contributed by atoms with Gasteiger partial charge in [0.25, 0.3) is 0 Å². The molecule has 0 aromatic rings. The molecule has 1 fully saturated rings. The van der Waals surface area contributed by atoms with Gasteiger partial charge in [0.1, 0.15) is 0 Å². The zero-order valence-corrected chi connectivity index (χ0v) is 5.04. The molecule has 1 unspecified atom stereocenters. The van der Waals surface area contributed by atoms with E-state index in [4.69, 9.17) is 11.6 Å². The molecular weight excluding hydrogens is 110 g/mol. The van der Waals surface area contributed by atoms with Crippen LogP contribution in [-0.4, -0.2) is 18.5 Å². The van der Waals surface area contributed by atoms with E-state index in [0.29, 0.717) is 0 Å². The molecule has 7 heavy (non-hydrogen) atoms. The standard InChI is InChI=1S/C5H10ClN/c6-3-1-2-5-4-7-5/h5,7H,1-4H2. The zero-order valence-electron chi connectivity index (χ0n) is 4.28. The summed E-state index contributed by atoms with van der Waals surface area (Å²) in [6.07, 6.45) is 2.43. The molecule has 0 bridgehead atoms. The Morgan fingerprint density at radius 1 is 1.71 bits per heavy atom. The molecule has 1 aliphatic heterocycles. The van der Waals surface area contributed by atoms with Gasteiger partial charge in [-0.05, 0) is 12.8 Å². The summed E-state index contributed by atoms with van der Waals surface area (Å²) in [7, 11) is 0. The van der Waals surface area contributed by atoms with Crippen molar-refractivity contribution in [3.8, 4) is 0 Å². The van der Waals surface area contributed by atoms with Gasteiger partial charge in [-0.2, -0.15) is 0 Å². The second-order valence-corrected chi connectivity index (χ2v) is 2.31. The molecule has 0 radical (unpaired) electrons. The third-order valence-electron chi connectivity index (χ3n) is 1.18. The average Bonchev–Trinajstić information content (AvgIpc) is 2.42. The van der Waals surface area contributed by atoms with E-state index in [1.165, 1.54) is 19.4 Å². The smallest absolute Gasteiger partial charge is 0.0224 e. The highest BCUT2D eigenvalue weighted by atomic mass is 35.5. The Morgan fingerprint density at radius 3 is 2.86 bits per heavy atom. The van der Waals surface area contributed by atoms with Crippen LogP contribution in [0.4, 0.5) is 0 Å². The predicted octanol–water partition coefficient (Wildman–Crippen LogP) is 0.977. The Kier molecular flexibility index (Phi) is 1.95. The minimum absolute atomic E-state index is 0.818. The van der Waals surface area contributed by atoms with Gasteiger partial charge in [0.15, 0.2) is 0 Å². The van der Waals surface area contributed by atoms with Crippen LogP contribution in [0.15, 0.2) is 0 Å². The maximum Gasteiger partial charge on any atom is 0.0224 e. The summed E-state index contributed by atoms with van der Waals surface area (Å²) in [6, 6.07) is 0.818. The summed E-state index contributed by atoms with van der Waals surface area (Å²) in [5, 5.41) is 3.21. The minimum atomic E-state index is 0.818. The Hall–Kier alpha value is 0.250. The maximum absolute atomic E-state index is 5.45. The molecule has 1 aliphatic rings. The summed E-state index contributed by atoms with van der Waals surface area (Å²) in [4.78, 5) is 0. The molecular formula is C5H10ClN. The Labute approximate surface area is 49.0 Å². The highest BCUT2D eigenvalue weighted by Crippen LogP contribution is 2.05. The van der Waals surface area contributed by atoms with E-state index in [1.54, 1.807) is 0 Å². The molecule has 2 heteroatoms. The summed E-state index contributed by atoms with van der Waals surface area (Å²) < 4.78 is 0. The summed E-state index contributed by atoms with van der Waals surface area (Å²) in [5.41, 5.74) is 0. The number of halogens is 1. The number of hydrogen-bond acceptors (Lipinski definition) is 1. The van der Waals surface area contributed by atoms with Crippen molar-refractivity contribution in [1.29, 1.82) is 0 Å². The molecule has 1 rings (SSSR count). The Morgan fingerprint density at radius 2 is 2.43 bits per heavy atom. The first kappa shape index (κ1) is 5.39. The van der Waals surface area contributed by atoms with Gasteiger partial charge in [-0.3, -0.25) is 0 Å². The highest BCUT2D eigenvalue weighted by molar-refractivity contribution is 6.17. The van der Waals surface area contributed by atoms with E-state index in [9.17, 15) is 0 Å². The van der Waals surface area contributed by atoms with Crippen LogP contribution in [0.3, 0.4) is 0 Å². The van der Waals surface area contributed by atoms with Crippen molar-refractivity contribution in [2.45, 2.75) is 18.9 Å². The van der Waals surface area contributed by atoms with E-state index >= 15 is 0 Å². The molecule has 0 saturated carbocycles. The third-order valence-corrected chi connectivity index (χ3v) is 1.45. The van der Waals surface area contributed by atoms with Crippen LogP contribution in [0, 0.1) is 0 Å². The van der Waals surface area contributed by atoms with Gasteiger partial charge < -0.3 is 5.32 Å². The molecule has 1 saturated heterocycles. The van der Waals surface area contributed by atoms with Crippen molar-refractivity contribution in [2.24, 2.45) is 0 Å². The SMILES string of the molecule is ClCCCC1CN1. The third kappa shape index (κ3) is 2.15. The monoisotopic (exact) mass is 119 g/mol. The Bertz CT molecular complexity index is 52.0. The lowest BCUT2D eigenvalue weighted by Crippen LogP contribution is -1.89. The lowest BCUT2D eigenvalue weighted by molar-refractivity contribution is 0.783. The predicted molar refractivity (Wildman–Crippen MR) is 31.7 cm³/mol. The summed E-state index contributed by atoms with van der Waals surface area (Å²) in [5.74, 6) is 0.818.